The quantitative estimate of drug-likeness (QED) is 0.658. The Bertz CT molecular complexity index is 310. The minimum absolute atomic E-state index is 0.0416. The number of hydrogen-bond donors (Lipinski definition) is 3. The molecule has 0 aromatic carbocycles. The summed E-state index contributed by atoms with van der Waals surface area (Å²) in [6, 6.07) is 0. The molecule has 0 saturated carbocycles. The van der Waals surface area contributed by atoms with Crippen LogP contribution in [0, 0.1) is 0 Å². The Kier molecular flexibility index (Phi) is 3.24. The van der Waals surface area contributed by atoms with Crippen molar-refractivity contribution in [2.75, 3.05) is 6.54 Å². The third-order valence-corrected chi connectivity index (χ3v) is 2.16. The summed E-state index contributed by atoms with van der Waals surface area (Å²) in [7, 11) is 0. The van der Waals surface area contributed by atoms with Gasteiger partial charge in [-0.3, -0.25) is 4.79 Å². The Labute approximate surface area is 80.6 Å². The SMILES string of the molecule is CC(C)(O)CNCc1csc(=O)[nH]1. The largest absolute Gasteiger partial charge is 0.389 e. The average Bonchev–Trinajstić information content (AvgIpc) is 2.33. The molecule has 13 heavy (non-hydrogen) atoms. The molecule has 1 aromatic rings. The normalized spacial score (nSPS) is 11.9. The molecule has 1 aromatic heterocycles. The molecule has 0 saturated heterocycles. The van der Waals surface area contributed by atoms with Crippen LogP contribution >= 0.6 is 11.3 Å². The fourth-order valence-corrected chi connectivity index (χ4v) is 1.49. The molecular weight excluding hydrogens is 188 g/mol. The zero-order valence-corrected chi connectivity index (χ0v) is 8.57. The lowest BCUT2D eigenvalue weighted by molar-refractivity contribution is 0.0794. The van der Waals surface area contributed by atoms with Gasteiger partial charge in [-0.2, -0.15) is 0 Å². The summed E-state index contributed by atoms with van der Waals surface area (Å²) in [6.45, 7) is 4.56. The molecule has 0 atom stereocenters. The van der Waals surface area contributed by atoms with Crippen molar-refractivity contribution in [2.45, 2.75) is 26.0 Å². The first-order valence-corrected chi connectivity index (χ1v) is 4.95. The zero-order valence-electron chi connectivity index (χ0n) is 7.76. The van der Waals surface area contributed by atoms with Gasteiger partial charge >= 0.3 is 4.87 Å². The highest BCUT2D eigenvalue weighted by Gasteiger charge is 2.10. The van der Waals surface area contributed by atoms with Gasteiger partial charge in [0.05, 0.1) is 5.60 Å². The third kappa shape index (κ3) is 4.21. The molecule has 0 fully saturated rings. The second kappa shape index (κ2) is 4.04. The predicted molar refractivity (Wildman–Crippen MR) is 52.9 cm³/mol. The molecule has 0 aliphatic heterocycles. The van der Waals surface area contributed by atoms with Crippen LogP contribution in [0.2, 0.25) is 0 Å². The summed E-state index contributed by atoms with van der Waals surface area (Å²) < 4.78 is 0. The molecule has 4 nitrogen and oxygen atoms in total. The molecule has 1 heterocycles. The van der Waals surface area contributed by atoms with E-state index in [4.69, 9.17) is 0 Å². The van der Waals surface area contributed by atoms with Crippen molar-refractivity contribution in [1.29, 1.82) is 0 Å². The van der Waals surface area contributed by atoms with E-state index in [1.807, 2.05) is 0 Å². The number of rotatable bonds is 4. The standard InChI is InChI=1S/C8H14N2O2S/c1-8(2,12)5-9-3-6-4-13-7(11)10-6/h4,9,12H,3,5H2,1-2H3,(H,10,11). The predicted octanol–water partition coefficient (Wildman–Crippen LogP) is 0.297. The molecule has 3 N–H and O–H groups in total. The van der Waals surface area contributed by atoms with Gasteiger partial charge in [0.1, 0.15) is 0 Å². The first-order chi connectivity index (χ1) is 5.97. The van der Waals surface area contributed by atoms with Crippen molar-refractivity contribution < 1.29 is 5.11 Å². The molecule has 0 amide bonds. The van der Waals surface area contributed by atoms with Crippen molar-refractivity contribution in [1.82, 2.24) is 10.3 Å². The van der Waals surface area contributed by atoms with Gasteiger partial charge in [-0.1, -0.05) is 11.3 Å². The molecule has 0 unspecified atom stereocenters. The molecule has 0 spiro atoms. The van der Waals surface area contributed by atoms with E-state index in [0.29, 0.717) is 13.1 Å². The second-order valence-corrected chi connectivity index (χ2v) is 4.43. The number of hydrogen-bond acceptors (Lipinski definition) is 4. The third-order valence-electron chi connectivity index (χ3n) is 1.44. The van der Waals surface area contributed by atoms with Gasteiger partial charge in [0.15, 0.2) is 0 Å². The van der Waals surface area contributed by atoms with E-state index in [1.165, 1.54) is 0 Å². The van der Waals surface area contributed by atoms with Crippen LogP contribution in [-0.4, -0.2) is 22.2 Å². The number of nitrogens with one attached hydrogen (secondary N) is 2. The number of aliphatic hydroxyl groups is 1. The van der Waals surface area contributed by atoms with E-state index in [1.54, 1.807) is 19.2 Å². The van der Waals surface area contributed by atoms with E-state index in [2.05, 4.69) is 10.3 Å². The first-order valence-electron chi connectivity index (χ1n) is 4.07. The maximum absolute atomic E-state index is 10.7. The van der Waals surface area contributed by atoms with Gasteiger partial charge in [0.2, 0.25) is 0 Å². The van der Waals surface area contributed by atoms with Crippen LogP contribution in [0.15, 0.2) is 10.2 Å². The minimum Gasteiger partial charge on any atom is -0.389 e. The van der Waals surface area contributed by atoms with E-state index in [9.17, 15) is 9.90 Å². The summed E-state index contributed by atoms with van der Waals surface area (Å²) in [5, 5.41) is 14.2. The lowest BCUT2D eigenvalue weighted by atomic mass is 10.1. The molecule has 0 aliphatic carbocycles. The van der Waals surface area contributed by atoms with Crippen molar-refractivity contribution in [2.24, 2.45) is 0 Å². The molecule has 5 heteroatoms. The van der Waals surface area contributed by atoms with Crippen molar-refractivity contribution in [3.63, 3.8) is 0 Å². The van der Waals surface area contributed by atoms with E-state index < -0.39 is 5.60 Å². The Balaban J connectivity index is 2.32. The van der Waals surface area contributed by atoms with Crippen LogP contribution in [0.25, 0.3) is 0 Å². The van der Waals surface area contributed by atoms with Gasteiger partial charge < -0.3 is 15.4 Å². The number of aromatic nitrogens is 1. The first kappa shape index (κ1) is 10.4. The van der Waals surface area contributed by atoms with Crippen LogP contribution in [-0.2, 0) is 6.54 Å². The van der Waals surface area contributed by atoms with Gasteiger partial charge in [0, 0.05) is 24.2 Å². The second-order valence-electron chi connectivity index (χ2n) is 3.59. The number of H-pyrrole nitrogens is 1. The lowest BCUT2D eigenvalue weighted by Gasteiger charge is -2.17. The van der Waals surface area contributed by atoms with E-state index in [0.717, 1.165) is 17.0 Å². The van der Waals surface area contributed by atoms with Crippen molar-refractivity contribution in [3.8, 4) is 0 Å². The van der Waals surface area contributed by atoms with Gasteiger partial charge in [-0.15, -0.1) is 0 Å². The maximum Gasteiger partial charge on any atom is 0.304 e. The topological polar surface area (TPSA) is 65.1 Å². The van der Waals surface area contributed by atoms with E-state index in [-0.39, 0.29) is 4.87 Å². The Morgan fingerprint density at radius 2 is 2.38 bits per heavy atom. The Morgan fingerprint density at radius 3 is 2.85 bits per heavy atom. The summed E-state index contributed by atoms with van der Waals surface area (Å²) in [4.78, 5) is 13.4. The smallest absolute Gasteiger partial charge is 0.304 e. The highest BCUT2D eigenvalue weighted by atomic mass is 32.1. The fraction of sp³-hybridized carbons (Fsp3) is 0.625. The van der Waals surface area contributed by atoms with Crippen molar-refractivity contribution in [3.05, 3.63) is 20.7 Å². The maximum atomic E-state index is 10.7. The fourth-order valence-electron chi connectivity index (χ4n) is 0.904. The Morgan fingerprint density at radius 1 is 1.69 bits per heavy atom. The average molecular weight is 202 g/mol. The molecule has 0 aliphatic rings. The summed E-state index contributed by atoms with van der Waals surface area (Å²) >= 11 is 1.15. The van der Waals surface area contributed by atoms with Gasteiger partial charge in [-0.05, 0) is 13.8 Å². The molecular formula is C8H14N2O2S. The van der Waals surface area contributed by atoms with Crippen LogP contribution in [0.5, 0.6) is 0 Å². The number of thiazole rings is 1. The summed E-state index contributed by atoms with van der Waals surface area (Å²) in [6.07, 6.45) is 0. The highest BCUT2D eigenvalue weighted by molar-refractivity contribution is 7.07. The monoisotopic (exact) mass is 202 g/mol. The summed E-state index contributed by atoms with van der Waals surface area (Å²) in [5.74, 6) is 0. The molecule has 0 bridgehead atoms. The minimum atomic E-state index is -0.712. The van der Waals surface area contributed by atoms with Gasteiger partial charge in [0.25, 0.3) is 0 Å². The Hall–Kier alpha value is -0.650. The molecule has 1 rings (SSSR count). The van der Waals surface area contributed by atoms with Crippen LogP contribution in [0.4, 0.5) is 0 Å². The van der Waals surface area contributed by atoms with Crippen LogP contribution in [0.1, 0.15) is 19.5 Å². The number of aromatic amines is 1. The van der Waals surface area contributed by atoms with Crippen molar-refractivity contribution >= 4 is 11.3 Å². The van der Waals surface area contributed by atoms with E-state index >= 15 is 0 Å². The van der Waals surface area contributed by atoms with Crippen LogP contribution in [0.3, 0.4) is 0 Å². The summed E-state index contributed by atoms with van der Waals surface area (Å²) in [5.41, 5.74) is 0.148. The highest BCUT2D eigenvalue weighted by Crippen LogP contribution is 1.99. The molecule has 0 radical (unpaired) electrons. The zero-order chi connectivity index (χ0) is 9.90. The van der Waals surface area contributed by atoms with Crippen LogP contribution < -0.4 is 10.2 Å². The van der Waals surface area contributed by atoms with Gasteiger partial charge in [-0.25, -0.2) is 0 Å². The molecule has 74 valence electrons. The lowest BCUT2D eigenvalue weighted by Crippen LogP contribution is -2.34.